The molecule has 0 unspecified atom stereocenters. The molecule has 1 heterocycles. The molecule has 168 valence electrons. The highest BCUT2D eigenvalue weighted by molar-refractivity contribution is 9.10. The van der Waals surface area contributed by atoms with Gasteiger partial charge >= 0.3 is 5.97 Å². The lowest BCUT2D eigenvalue weighted by molar-refractivity contribution is -0.139. The second-order valence-electron chi connectivity index (χ2n) is 6.71. The van der Waals surface area contributed by atoms with E-state index < -0.39 is 22.6 Å². The molecular weight excluding hydrogens is 492 g/mol. The largest absolute Gasteiger partial charge is 0.493 e. The molecule has 1 N–H and O–H groups in total. The van der Waals surface area contributed by atoms with E-state index in [2.05, 4.69) is 15.9 Å². The van der Waals surface area contributed by atoms with E-state index in [4.69, 9.17) is 19.3 Å². The zero-order chi connectivity index (χ0) is 22.6. The van der Waals surface area contributed by atoms with E-state index in [0.29, 0.717) is 47.9 Å². The normalized spacial score (nSPS) is 14.9. The van der Waals surface area contributed by atoms with Gasteiger partial charge in [0.05, 0.1) is 23.6 Å². The molecule has 2 aromatic rings. The number of nitrogens with zero attached hydrogens (tertiary/aromatic N) is 2. The van der Waals surface area contributed by atoms with Gasteiger partial charge in [0.25, 0.3) is 0 Å². The number of carboxylic acid groups (broad SMARTS) is 1. The van der Waals surface area contributed by atoms with Gasteiger partial charge in [-0.15, -0.1) is 0 Å². The summed E-state index contributed by atoms with van der Waals surface area (Å²) in [6.07, 6.45) is 0. The maximum Gasteiger partial charge on any atom is 0.341 e. The smallest absolute Gasteiger partial charge is 0.341 e. The lowest BCUT2D eigenvalue weighted by Gasteiger charge is -2.35. The van der Waals surface area contributed by atoms with Crippen LogP contribution in [0, 0.1) is 0 Å². The van der Waals surface area contributed by atoms with Crippen LogP contribution in [-0.4, -0.2) is 70.8 Å². The Bertz CT molecular complexity index is 1050. The van der Waals surface area contributed by atoms with Crippen LogP contribution in [0.25, 0.3) is 0 Å². The fourth-order valence-corrected chi connectivity index (χ4v) is 5.05. The number of carboxylic acids is 1. The fourth-order valence-electron chi connectivity index (χ4n) is 3.25. The van der Waals surface area contributed by atoms with Crippen molar-refractivity contribution in [3.63, 3.8) is 0 Å². The highest BCUT2D eigenvalue weighted by Gasteiger charge is 2.29. The molecule has 0 bridgehead atoms. The van der Waals surface area contributed by atoms with Crippen molar-refractivity contribution in [2.45, 2.75) is 4.90 Å². The Morgan fingerprint density at radius 1 is 1.00 bits per heavy atom. The van der Waals surface area contributed by atoms with E-state index in [-0.39, 0.29) is 4.90 Å². The van der Waals surface area contributed by atoms with E-state index in [1.807, 2.05) is 11.0 Å². The van der Waals surface area contributed by atoms with Crippen molar-refractivity contribution < 1.29 is 32.5 Å². The predicted octanol–water partition coefficient (Wildman–Crippen LogP) is 2.44. The first-order chi connectivity index (χ1) is 14.8. The Balaban J connectivity index is 1.72. The summed E-state index contributed by atoms with van der Waals surface area (Å²) in [6.45, 7) is 1.12. The van der Waals surface area contributed by atoms with Gasteiger partial charge in [-0.3, -0.25) is 0 Å². The van der Waals surface area contributed by atoms with Crippen LogP contribution < -0.4 is 19.1 Å². The van der Waals surface area contributed by atoms with Gasteiger partial charge in [0.1, 0.15) is 5.75 Å². The molecule has 1 aliphatic rings. The number of aliphatic carboxylic acids is 1. The quantitative estimate of drug-likeness (QED) is 0.572. The van der Waals surface area contributed by atoms with E-state index in [9.17, 15) is 13.2 Å². The second-order valence-corrected chi connectivity index (χ2v) is 9.50. The summed E-state index contributed by atoms with van der Waals surface area (Å²) in [4.78, 5) is 12.9. The summed E-state index contributed by atoms with van der Waals surface area (Å²) < 4.78 is 43.9. The number of carbonyl (C=O) groups is 1. The van der Waals surface area contributed by atoms with Gasteiger partial charge in [-0.2, -0.15) is 4.31 Å². The number of halogens is 1. The molecule has 2 aromatic carbocycles. The second kappa shape index (κ2) is 9.75. The summed E-state index contributed by atoms with van der Waals surface area (Å²) in [5.74, 6) is 0.167. The van der Waals surface area contributed by atoms with Crippen LogP contribution in [-0.2, 0) is 14.8 Å². The van der Waals surface area contributed by atoms with Crippen LogP contribution in [0.1, 0.15) is 0 Å². The fraction of sp³-hybridized carbons (Fsp3) is 0.350. The van der Waals surface area contributed by atoms with Crippen LogP contribution in [0.3, 0.4) is 0 Å². The van der Waals surface area contributed by atoms with Gasteiger partial charge in [-0.05, 0) is 40.2 Å². The molecule has 1 fully saturated rings. The minimum absolute atomic E-state index is 0.145. The topological polar surface area (TPSA) is 106 Å². The van der Waals surface area contributed by atoms with Crippen molar-refractivity contribution in [2.75, 3.05) is 51.9 Å². The molecule has 0 spiro atoms. The molecule has 0 radical (unpaired) electrons. The van der Waals surface area contributed by atoms with E-state index in [1.165, 1.54) is 30.7 Å². The minimum Gasteiger partial charge on any atom is -0.493 e. The summed E-state index contributed by atoms with van der Waals surface area (Å²) in [6, 6.07) is 9.93. The first kappa shape index (κ1) is 23.2. The number of rotatable bonds is 8. The van der Waals surface area contributed by atoms with Gasteiger partial charge < -0.3 is 24.2 Å². The average Bonchev–Trinajstić information content (AvgIpc) is 2.78. The van der Waals surface area contributed by atoms with Crippen molar-refractivity contribution in [1.29, 1.82) is 0 Å². The number of anilines is 1. The molecule has 0 amide bonds. The highest BCUT2D eigenvalue weighted by atomic mass is 79.9. The zero-order valence-corrected chi connectivity index (χ0v) is 19.5. The molecule has 1 aliphatic heterocycles. The Kier molecular flexibility index (Phi) is 7.29. The standard InChI is InChI=1S/C20H23BrN2O7S/c1-28-17-6-4-15(12-19(17)29-2)31(26,27)23-9-7-22(8-10-23)14-3-5-16(21)18(11-14)30-13-20(24)25/h3-6,11-12H,7-10,13H2,1-2H3,(H,24,25). The number of methoxy groups -OCH3 is 2. The first-order valence-electron chi connectivity index (χ1n) is 9.37. The first-order valence-corrected chi connectivity index (χ1v) is 11.6. The monoisotopic (exact) mass is 514 g/mol. The molecule has 0 atom stereocenters. The number of piperazine rings is 1. The SMILES string of the molecule is COc1ccc(S(=O)(=O)N2CCN(c3ccc(Br)c(OCC(=O)O)c3)CC2)cc1OC. The van der Waals surface area contributed by atoms with Crippen molar-refractivity contribution in [3.05, 3.63) is 40.9 Å². The molecule has 31 heavy (non-hydrogen) atoms. The van der Waals surface area contributed by atoms with Crippen molar-refractivity contribution in [3.8, 4) is 17.2 Å². The van der Waals surface area contributed by atoms with Crippen molar-refractivity contribution in [2.24, 2.45) is 0 Å². The molecule has 11 heteroatoms. The van der Waals surface area contributed by atoms with E-state index >= 15 is 0 Å². The van der Waals surface area contributed by atoms with Gasteiger partial charge in [0.15, 0.2) is 18.1 Å². The molecule has 0 aromatic heterocycles. The number of ether oxygens (including phenoxy) is 3. The third-order valence-corrected chi connectivity index (χ3v) is 7.41. The van der Waals surface area contributed by atoms with Crippen molar-refractivity contribution in [1.82, 2.24) is 4.31 Å². The average molecular weight is 515 g/mol. The molecule has 0 saturated carbocycles. The molecule has 0 aliphatic carbocycles. The molecule has 1 saturated heterocycles. The molecule has 9 nitrogen and oxygen atoms in total. The maximum absolute atomic E-state index is 13.1. The summed E-state index contributed by atoms with van der Waals surface area (Å²) >= 11 is 3.34. The number of hydrogen-bond donors (Lipinski definition) is 1. The van der Waals surface area contributed by atoms with Crippen LogP contribution in [0.15, 0.2) is 45.8 Å². The molecule has 3 rings (SSSR count). The van der Waals surface area contributed by atoms with Gasteiger partial charge in [0.2, 0.25) is 10.0 Å². The van der Waals surface area contributed by atoms with Crippen LogP contribution >= 0.6 is 15.9 Å². The summed E-state index contributed by atoms with van der Waals surface area (Å²) in [5, 5.41) is 8.82. The Hall–Kier alpha value is -2.50. The number of benzene rings is 2. The predicted molar refractivity (Wildman–Crippen MR) is 118 cm³/mol. The highest BCUT2D eigenvalue weighted by Crippen LogP contribution is 2.33. The van der Waals surface area contributed by atoms with Crippen LogP contribution in [0.2, 0.25) is 0 Å². The third kappa shape index (κ3) is 5.23. The van der Waals surface area contributed by atoms with E-state index in [1.54, 1.807) is 18.2 Å². The van der Waals surface area contributed by atoms with Crippen LogP contribution in [0.5, 0.6) is 17.2 Å². The summed E-state index contributed by atoms with van der Waals surface area (Å²) in [5.41, 5.74) is 0.826. The van der Waals surface area contributed by atoms with Gasteiger partial charge in [0, 0.05) is 44.0 Å². The maximum atomic E-state index is 13.1. The summed E-state index contributed by atoms with van der Waals surface area (Å²) in [7, 11) is -0.735. The Morgan fingerprint density at radius 2 is 1.68 bits per heavy atom. The number of hydrogen-bond acceptors (Lipinski definition) is 7. The van der Waals surface area contributed by atoms with Crippen LogP contribution in [0.4, 0.5) is 5.69 Å². The number of sulfonamides is 1. The minimum atomic E-state index is -3.68. The lowest BCUT2D eigenvalue weighted by atomic mass is 10.2. The lowest BCUT2D eigenvalue weighted by Crippen LogP contribution is -2.48. The zero-order valence-electron chi connectivity index (χ0n) is 17.1. The van der Waals surface area contributed by atoms with Gasteiger partial charge in [-0.25, -0.2) is 13.2 Å². The van der Waals surface area contributed by atoms with Crippen molar-refractivity contribution >= 4 is 37.6 Å². The third-order valence-electron chi connectivity index (χ3n) is 4.86. The Morgan fingerprint density at radius 3 is 2.29 bits per heavy atom. The van der Waals surface area contributed by atoms with E-state index in [0.717, 1.165) is 5.69 Å². The molecular formula is C20H23BrN2O7S. The Labute approximate surface area is 189 Å². The van der Waals surface area contributed by atoms with Gasteiger partial charge in [-0.1, -0.05) is 0 Å².